The number of carboxylic acids is 1. The zero-order valence-corrected chi connectivity index (χ0v) is 6.40. The molecule has 0 spiro atoms. The van der Waals surface area contributed by atoms with Crippen molar-refractivity contribution in [3.05, 3.63) is 0 Å². The van der Waals surface area contributed by atoms with Gasteiger partial charge in [0.05, 0.1) is 0 Å². The van der Waals surface area contributed by atoms with Crippen LogP contribution in [0.3, 0.4) is 0 Å². The molecule has 1 rings (SSSR count). The van der Waals surface area contributed by atoms with E-state index in [4.69, 9.17) is 9.84 Å². The molecule has 1 aliphatic heterocycles. The molecule has 0 aromatic heterocycles. The number of carbonyl (C=O) groups excluding carboxylic acids is 1. The van der Waals surface area contributed by atoms with Crippen LogP contribution < -0.4 is 0 Å². The Labute approximate surface area is 64.2 Å². The number of hydrogen-bond donors (Lipinski definition) is 1. The third kappa shape index (κ3) is 1.20. The predicted octanol–water partition coefficient (Wildman–Crippen LogP) is 0.269. The number of ether oxygens (including phenoxy) is 1. The van der Waals surface area contributed by atoms with E-state index in [1.165, 1.54) is 0 Å². The zero-order chi connectivity index (χ0) is 8.59. The van der Waals surface area contributed by atoms with Crippen molar-refractivity contribution >= 4 is 11.9 Å². The van der Waals surface area contributed by atoms with E-state index in [1.54, 1.807) is 13.8 Å². The molecule has 11 heavy (non-hydrogen) atoms. The van der Waals surface area contributed by atoms with Crippen molar-refractivity contribution in [2.75, 3.05) is 0 Å². The number of aliphatic carboxylic acids is 1. The van der Waals surface area contributed by atoms with Crippen LogP contribution in [0.15, 0.2) is 0 Å². The Morgan fingerprint density at radius 1 is 1.55 bits per heavy atom. The summed E-state index contributed by atoms with van der Waals surface area (Å²) in [5, 5.41) is 8.57. The molecule has 1 N–H and O–H groups in total. The molecule has 0 saturated carbocycles. The molecule has 1 heterocycles. The van der Waals surface area contributed by atoms with Gasteiger partial charge in [0, 0.05) is 5.92 Å². The first-order chi connectivity index (χ1) is 5.04. The first-order valence-corrected chi connectivity index (χ1v) is 3.47. The molecule has 4 nitrogen and oxygen atoms in total. The summed E-state index contributed by atoms with van der Waals surface area (Å²) in [6, 6.07) is 0. The van der Waals surface area contributed by atoms with Crippen molar-refractivity contribution in [2.45, 2.75) is 20.0 Å². The largest absolute Gasteiger partial charge is 0.481 e. The highest BCUT2D eigenvalue weighted by Crippen LogP contribution is 2.27. The lowest BCUT2D eigenvalue weighted by atomic mass is 9.93. The van der Waals surface area contributed by atoms with Crippen LogP contribution in [0.1, 0.15) is 13.8 Å². The number of esters is 1. The van der Waals surface area contributed by atoms with Crippen molar-refractivity contribution in [3.8, 4) is 0 Å². The Balaban J connectivity index is 2.79. The first-order valence-electron chi connectivity index (χ1n) is 3.47. The Kier molecular flexibility index (Phi) is 1.85. The Bertz CT molecular complexity index is 199. The van der Waals surface area contributed by atoms with E-state index in [9.17, 15) is 9.59 Å². The molecular weight excluding hydrogens is 148 g/mol. The highest BCUT2D eigenvalue weighted by Gasteiger charge is 2.44. The summed E-state index contributed by atoms with van der Waals surface area (Å²) >= 11 is 0. The van der Waals surface area contributed by atoms with Gasteiger partial charge >= 0.3 is 11.9 Å². The monoisotopic (exact) mass is 158 g/mol. The van der Waals surface area contributed by atoms with Gasteiger partial charge in [-0.05, 0) is 6.92 Å². The second kappa shape index (κ2) is 2.53. The SMILES string of the molecule is CC1OC(=O)C(C(=O)O)C1C. The molecular formula is C7H10O4. The van der Waals surface area contributed by atoms with Gasteiger partial charge in [0.2, 0.25) is 0 Å². The van der Waals surface area contributed by atoms with Crippen LogP contribution in [0.5, 0.6) is 0 Å². The molecule has 3 unspecified atom stereocenters. The molecule has 0 radical (unpaired) electrons. The normalized spacial score (nSPS) is 36.9. The van der Waals surface area contributed by atoms with Gasteiger partial charge in [0.25, 0.3) is 0 Å². The van der Waals surface area contributed by atoms with Crippen LogP contribution in [-0.4, -0.2) is 23.1 Å². The van der Waals surface area contributed by atoms with E-state index in [-0.39, 0.29) is 12.0 Å². The number of cyclic esters (lactones) is 1. The van der Waals surface area contributed by atoms with Crippen LogP contribution in [0.25, 0.3) is 0 Å². The second-order valence-corrected chi connectivity index (χ2v) is 2.82. The van der Waals surface area contributed by atoms with Gasteiger partial charge in [-0.25, -0.2) is 0 Å². The molecule has 62 valence electrons. The van der Waals surface area contributed by atoms with E-state index in [1.807, 2.05) is 0 Å². The summed E-state index contributed by atoms with van der Waals surface area (Å²) in [5.41, 5.74) is 0. The van der Waals surface area contributed by atoms with E-state index in [2.05, 4.69) is 0 Å². The smallest absolute Gasteiger partial charge is 0.321 e. The van der Waals surface area contributed by atoms with Crippen LogP contribution in [-0.2, 0) is 14.3 Å². The minimum absolute atomic E-state index is 0.222. The maximum absolute atomic E-state index is 10.8. The highest BCUT2D eigenvalue weighted by atomic mass is 16.6. The van der Waals surface area contributed by atoms with Gasteiger partial charge in [-0.1, -0.05) is 6.92 Å². The lowest BCUT2D eigenvalue weighted by Crippen LogP contribution is -2.24. The molecule has 0 amide bonds. The Hall–Kier alpha value is -1.06. The van der Waals surface area contributed by atoms with Gasteiger partial charge in [0.1, 0.15) is 6.10 Å². The van der Waals surface area contributed by atoms with Gasteiger partial charge < -0.3 is 9.84 Å². The quantitative estimate of drug-likeness (QED) is 0.439. The molecule has 0 aliphatic carbocycles. The molecule has 1 aliphatic rings. The van der Waals surface area contributed by atoms with Crippen molar-refractivity contribution in [1.29, 1.82) is 0 Å². The molecule has 4 heteroatoms. The molecule has 0 aromatic rings. The third-order valence-electron chi connectivity index (χ3n) is 2.09. The van der Waals surface area contributed by atoms with Gasteiger partial charge in [-0.15, -0.1) is 0 Å². The molecule has 1 fully saturated rings. The van der Waals surface area contributed by atoms with Crippen molar-refractivity contribution in [1.82, 2.24) is 0 Å². The van der Waals surface area contributed by atoms with Gasteiger partial charge in [-0.3, -0.25) is 9.59 Å². The Morgan fingerprint density at radius 3 is 2.27 bits per heavy atom. The van der Waals surface area contributed by atoms with Crippen molar-refractivity contribution in [2.24, 2.45) is 11.8 Å². The lowest BCUT2D eigenvalue weighted by molar-refractivity contribution is -0.153. The molecule has 1 saturated heterocycles. The fourth-order valence-corrected chi connectivity index (χ4v) is 1.18. The maximum Gasteiger partial charge on any atom is 0.321 e. The minimum atomic E-state index is -1.09. The third-order valence-corrected chi connectivity index (χ3v) is 2.09. The van der Waals surface area contributed by atoms with E-state index >= 15 is 0 Å². The fraction of sp³-hybridized carbons (Fsp3) is 0.714. The topological polar surface area (TPSA) is 63.6 Å². The standard InChI is InChI=1S/C7H10O4/c1-3-4(2)11-7(10)5(3)6(8)9/h3-5H,1-2H3,(H,8,9). The molecule has 0 bridgehead atoms. The van der Waals surface area contributed by atoms with E-state index in [0.717, 1.165) is 0 Å². The summed E-state index contributed by atoms with van der Waals surface area (Å²) in [6.45, 7) is 3.40. The van der Waals surface area contributed by atoms with Crippen LogP contribution in [0.2, 0.25) is 0 Å². The van der Waals surface area contributed by atoms with Crippen molar-refractivity contribution < 1.29 is 19.4 Å². The summed E-state index contributed by atoms with van der Waals surface area (Å²) in [7, 11) is 0. The zero-order valence-electron chi connectivity index (χ0n) is 6.40. The minimum Gasteiger partial charge on any atom is -0.481 e. The highest BCUT2D eigenvalue weighted by molar-refractivity contribution is 5.95. The molecule has 0 aromatic carbocycles. The predicted molar refractivity (Wildman–Crippen MR) is 35.8 cm³/mol. The van der Waals surface area contributed by atoms with Crippen molar-refractivity contribution in [3.63, 3.8) is 0 Å². The second-order valence-electron chi connectivity index (χ2n) is 2.82. The van der Waals surface area contributed by atoms with E-state index in [0.29, 0.717) is 0 Å². The number of hydrogen-bond acceptors (Lipinski definition) is 3. The number of carboxylic acid groups (broad SMARTS) is 1. The average molecular weight is 158 g/mol. The maximum atomic E-state index is 10.8. The summed E-state index contributed by atoms with van der Waals surface area (Å²) in [4.78, 5) is 21.3. The van der Waals surface area contributed by atoms with E-state index < -0.39 is 17.9 Å². The average Bonchev–Trinajstić information content (AvgIpc) is 2.07. The van der Waals surface area contributed by atoms with Crippen LogP contribution in [0, 0.1) is 11.8 Å². The first kappa shape index (κ1) is 8.04. The van der Waals surface area contributed by atoms with Gasteiger partial charge in [0.15, 0.2) is 5.92 Å². The van der Waals surface area contributed by atoms with Crippen LogP contribution in [0.4, 0.5) is 0 Å². The van der Waals surface area contributed by atoms with Gasteiger partial charge in [-0.2, -0.15) is 0 Å². The lowest BCUT2D eigenvalue weighted by Gasteiger charge is -2.07. The summed E-state index contributed by atoms with van der Waals surface area (Å²) in [5.74, 6) is -2.89. The Morgan fingerprint density at radius 2 is 2.09 bits per heavy atom. The fourth-order valence-electron chi connectivity index (χ4n) is 1.18. The number of rotatable bonds is 1. The summed E-state index contributed by atoms with van der Waals surface area (Å²) in [6.07, 6.45) is -0.274. The molecule has 3 atom stereocenters. The summed E-state index contributed by atoms with van der Waals surface area (Å²) < 4.78 is 4.73. The van der Waals surface area contributed by atoms with Crippen LogP contribution >= 0.6 is 0 Å². The number of carbonyl (C=O) groups is 2.